The number of nitrogen functional groups attached to an aromatic ring is 1. The smallest absolute Gasteiger partial charge is 0.257 e. The number of rotatable bonds is 6. The van der Waals surface area contributed by atoms with Crippen molar-refractivity contribution in [3.05, 3.63) is 24.3 Å². The van der Waals surface area contributed by atoms with Gasteiger partial charge >= 0.3 is 0 Å². The normalized spacial score (nSPS) is 21.8. The van der Waals surface area contributed by atoms with Crippen molar-refractivity contribution in [1.29, 1.82) is 0 Å². The van der Waals surface area contributed by atoms with E-state index in [1.165, 1.54) is 25.7 Å². The predicted octanol–water partition coefficient (Wildman–Crippen LogP) is 2.98. The molecule has 0 aliphatic heterocycles. The number of hydrogen-bond acceptors (Lipinski definition) is 3. The van der Waals surface area contributed by atoms with E-state index in [0.29, 0.717) is 11.4 Å². The highest BCUT2D eigenvalue weighted by atomic mass is 16.5. The molecule has 1 aliphatic rings. The highest BCUT2D eigenvalue weighted by Crippen LogP contribution is 2.30. The van der Waals surface area contributed by atoms with E-state index in [2.05, 4.69) is 12.2 Å². The summed E-state index contributed by atoms with van der Waals surface area (Å²) in [6.07, 6.45) is 6.37. The Morgan fingerprint density at radius 3 is 3.05 bits per heavy atom. The maximum absolute atomic E-state index is 11.7. The second-order valence-corrected chi connectivity index (χ2v) is 6.14. The van der Waals surface area contributed by atoms with E-state index in [9.17, 15) is 4.79 Å². The van der Waals surface area contributed by atoms with Crippen molar-refractivity contribution in [3.8, 4) is 5.75 Å². The molecular formula is C17H26N2O2. The molecule has 3 N–H and O–H groups in total. The van der Waals surface area contributed by atoms with Gasteiger partial charge in [-0.2, -0.15) is 0 Å². The second kappa shape index (κ2) is 7.91. The van der Waals surface area contributed by atoms with Gasteiger partial charge in [-0.3, -0.25) is 4.79 Å². The molecular weight excluding hydrogens is 264 g/mol. The molecule has 1 aromatic carbocycles. The zero-order valence-electron chi connectivity index (χ0n) is 12.8. The van der Waals surface area contributed by atoms with Crippen molar-refractivity contribution < 1.29 is 9.53 Å². The summed E-state index contributed by atoms with van der Waals surface area (Å²) in [4.78, 5) is 11.7. The Labute approximate surface area is 127 Å². The number of amides is 1. The van der Waals surface area contributed by atoms with Gasteiger partial charge in [0.05, 0.1) is 0 Å². The van der Waals surface area contributed by atoms with E-state index in [4.69, 9.17) is 10.5 Å². The van der Waals surface area contributed by atoms with E-state index < -0.39 is 0 Å². The van der Waals surface area contributed by atoms with Gasteiger partial charge in [-0.15, -0.1) is 0 Å². The number of nitrogens with two attached hydrogens (primary N) is 1. The van der Waals surface area contributed by atoms with Crippen LogP contribution in [0.25, 0.3) is 0 Å². The molecule has 0 radical (unpaired) electrons. The van der Waals surface area contributed by atoms with Crippen LogP contribution in [0.3, 0.4) is 0 Å². The van der Waals surface area contributed by atoms with Gasteiger partial charge in [0, 0.05) is 18.3 Å². The lowest BCUT2D eigenvalue weighted by Gasteiger charge is -2.26. The number of anilines is 1. The highest BCUT2D eigenvalue weighted by molar-refractivity contribution is 5.77. The Morgan fingerprint density at radius 2 is 2.29 bits per heavy atom. The van der Waals surface area contributed by atoms with E-state index in [1.807, 2.05) is 6.07 Å². The van der Waals surface area contributed by atoms with Gasteiger partial charge < -0.3 is 15.8 Å². The number of ether oxygens (including phenoxy) is 1. The molecule has 0 saturated heterocycles. The standard InChI is InChI=1S/C17H26N2O2/c1-13-4-2-5-14(10-13)8-9-19-17(20)12-21-16-7-3-6-15(18)11-16/h3,6-7,11,13-14H,2,4-5,8-10,12,18H2,1H3,(H,19,20). The van der Waals surface area contributed by atoms with Crippen LogP contribution in [0.2, 0.25) is 0 Å². The Morgan fingerprint density at radius 1 is 1.43 bits per heavy atom. The summed E-state index contributed by atoms with van der Waals surface area (Å²) in [5, 5.41) is 2.93. The molecule has 1 fully saturated rings. The minimum atomic E-state index is -0.0683. The molecule has 1 aliphatic carbocycles. The summed E-state index contributed by atoms with van der Waals surface area (Å²) in [5.41, 5.74) is 6.30. The van der Waals surface area contributed by atoms with Crippen LogP contribution in [-0.4, -0.2) is 19.1 Å². The third-order valence-electron chi connectivity index (χ3n) is 4.15. The van der Waals surface area contributed by atoms with E-state index >= 15 is 0 Å². The summed E-state index contributed by atoms with van der Waals surface area (Å²) in [7, 11) is 0. The third kappa shape index (κ3) is 5.66. The lowest BCUT2D eigenvalue weighted by molar-refractivity contribution is -0.123. The first kappa shape index (κ1) is 15.7. The van der Waals surface area contributed by atoms with Crippen LogP contribution in [0.5, 0.6) is 5.75 Å². The summed E-state index contributed by atoms with van der Waals surface area (Å²) in [6.45, 7) is 3.12. The highest BCUT2D eigenvalue weighted by Gasteiger charge is 2.18. The van der Waals surface area contributed by atoms with Gasteiger partial charge in [0.2, 0.25) is 0 Å². The fraction of sp³-hybridized carbons (Fsp3) is 0.588. The van der Waals surface area contributed by atoms with Crippen LogP contribution in [0.4, 0.5) is 5.69 Å². The van der Waals surface area contributed by atoms with Crippen molar-refractivity contribution >= 4 is 11.6 Å². The molecule has 0 spiro atoms. The maximum Gasteiger partial charge on any atom is 0.257 e. The van der Waals surface area contributed by atoms with Gasteiger partial charge in [-0.25, -0.2) is 0 Å². The topological polar surface area (TPSA) is 64.3 Å². The lowest BCUT2D eigenvalue weighted by Crippen LogP contribution is -2.31. The molecule has 2 unspecified atom stereocenters. The van der Waals surface area contributed by atoms with Crippen LogP contribution in [0.1, 0.15) is 39.0 Å². The quantitative estimate of drug-likeness (QED) is 0.792. The Kier molecular flexibility index (Phi) is 5.90. The Hall–Kier alpha value is -1.71. The SMILES string of the molecule is CC1CCCC(CCNC(=O)COc2cccc(N)c2)C1. The molecule has 1 saturated carbocycles. The number of nitrogens with one attached hydrogen (secondary N) is 1. The number of carbonyl (C=O) groups excluding carboxylic acids is 1. The number of benzene rings is 1. The summed E-state index contributed by atoms with van der Waals surface area (Å²) in [5.74, 6) is 2.17. The average molecular weight is 290 g/mol. The molecule has 2 atom stereocenters. The molecule has 116 valence electrons. The van der Waals surface area contributed by atoms with Crippen LogP contribution in [-0.2, 0) is 4.79 Å². The Bertz CT molecular complexity index is 462. The summed E-state index contributed by atoms with van der Waals surface area (Å²) in [6, 6.07) is 7.12. The molecule has 0 bridgehead atoms. The van der Waals surface area contributed by atoms with Gasteiger partial charge in [0.25, 0.3) is 5.91 Å². The van der Waals surface area contributed by atoms with Crippen molar-refractivity contribution in [2.24, 2.45) is 11.8 Å². The molecule has 2 rings (SSSR count). The zero-order valence-corrected chi connectivity index (χ0v) is 12.8. The molecule has 0 aromatic heterocycles. The fourth-order valence-electron chi connectivity index (χ4n) is 3.04. The number of carbonyl (C=O) groups is 1. The molecule has 4 heteroatoms. The summed E-state index contributed by atoms with van der Waals surface area (Å²) < 4.78 is 5.42. The fourth-order valence-corrected chi connectivity index (χ4v) is 3.04. The monoisotopic (exact) mass is 290 g/mol. The van der Waals surface area contributed by atoms with Gasteiger partial charge in [-0.1, -0.05) is 32.3 Å². The Balaban J connectivity index is 1.61. The van der Waals surface area contributed by atoms with Crippen LogP contribution >= 0.6 is 0 Å². The van der Waals surface area contributed by atoms with Crippen molar-refractivity contribution in [1.82, 2.24) is 5.32 Å². The zero-order chi connectivity index (χ0) is 15.1. The first-order valence-electron chi connectivity index (χ1n) is 7.88. The minimum absolute atomic E-state index is 0.0462. The first-order chi connectivity index (χ1) is 10.1. The average Bonchev–Trinajstić information content (AvgIpc) is 2.45. The van der Waals surface area contributed by atoms with Crippen molar-refractivity contribution in [2.75, 3.05) is 18.9 Å². The van der Waals surface area contributed by atoms with E-state index in [0.717, 1.165) is 24.8 Å². The van der Waals surface area contributed by atoms with Crippen LogP contribution in [0, 0.1) is 11.8 Å². The van der Waals surface area contributed by atoms with Crippen molar-refractivity contribution in [2.45, 2.75) is 39.0 Å². The van der Waals surface area contributed by atoms with Crippen LogP contribution in [0.15, 0.2) is 24.3 Å². The molecule has 4 nitrogen and oxygen atoms in total. The molecule has 1 amide bonds. The predicted molar refractivity (Wildman–Crippen MR) is 85.1 cm³/mol. The van der Waals surface area contributed by atoms with Gasteiger partial charge in [0.15, 0.2) is 6.61 Å². The van der Waals surface area contributed by atoms with Crippen LogP contribution < -0.4 is 15.8 Å². The van der Waals surface area contributed by atoms with E-state index in [-0.39, 0.29) is 12.5 Å². The summed E-state index contributed by atoms with van der Waals surface area (Å²) >= 11 is 0. The molecule has 21 heavy (non-hydrogen) atoms. The minimum Gasteiger partial charge on any atom is -0.484 e. The molecule has 0 heterocycles. The van der Waals surface area contributed by atoms with Crippen molar-refractivity contribution in [3.63, 3.8) is 0 Å². The van der Waals surface area contributed by atoms with Gasteiger partial charge in [0.1, 0.15) is 5.75 Å². The lowest BCUT2D eigenvalue weighted by atomic mass is 9.81. The maximum atomic E-state index is 11.7. The largest absolute Gasteiger partial charge is 0.484 e. The third-order valence-corrected chi connectivity index (χ3v) is 4.15. The second-order valence-electron chi connectivity index (χ2n) is 6.14. The molecule has 1 aromatic rings. The van der Waals surface area contributed by atoms with E-state index in [1.54, 1.807) is 18.2 Å². The van der Waals surface area contributed by atoms with Gasteiger partial charge in [-0.05, 0) is 36.8 Å². The number of hydrogen-bond donors (Lipinski definition) is 2. The first-order valence-corrected chi connectivity index (χ1v) is 7.88.